The Kier molecular flexibility index (Phi) is 6.61. The van der Waals surface area contributed by atoms with Crippen molar-refractivity contribution in [2.45, 2.75) is 12.6 Å². The van der Waals surface area contributed by atoms with E-state index in [1.165, 1.54) is 7.05 Å². The molecule has 2 rings (SSSR count). The summed E-state index contributed by atoms with van der Waals surface area (Å²) in [5, 5.41) is 7.60. The summed E-state index contributed by atoms with van der Waals surface area (Å²) < 4.78 is 0. The van der Waals surface area contributed by atoms with Crippen LogP contribution in [0.1, 0.15) is 17.2 Å². The van der Waals surface area contributed by atoms with Crippen molar-refractivity contribution in [3.8, 4) is 0 Å². The minimum absolute atomic E-state index is 0.398. The Hall–Kier alpha value is -2.08. The first kappa shape index (κ1) is 18.3. The standard InChI is InChI=1S/C17H17Cl2N3O2/c1-20-17(24)22-16(23)15(11-5-3-2-4-6-11)21-10-12-7-8-13(18)9-14(12)19/h2-9,15,21H,10H2,1H3,(H2,20,22,23,24)/p+1/t15-/m1/s1. The van der Waals surface area contributed by atoms with E-state index in [0.29, 0.717) is 16.6 Å². The zero-order valence-electron chi connectivity index (χ0n) is 13.1. The number of hydrogen-bond acceptors (Lipinski definition) is 2. The summed E-state index contributed by atoms with van der Waals surface area (Å²) in [6.45, 7) is 0.469. The molecule has 0 fully saturated rings. The van der Waals surface area contributed by atoms with Gasteiger partial charge in [-0.3, -0.25) is 10.1 Å². The van der Waals surface area contributed by atoms with Gasteiger partial charge in [-0.15, -0.1) is 0 Å². The topological polar surface area (TPSA) is 74.8 Å². The predicted molar refractivity (Wildman–Crippen MR) is 93.9 cm³/mol. The molecule has 0 aliphatic rings. The molecule has 0 saturated heterocycles. The highest BCUT2D eigenvalue weighted by Crippen LogP contribution is 2.20. The molecule has 7 heteroatoms. The van der Waals surface area contributed by atoms with E-state index in [1.54, 1.807) is 12.1 Å². The number of imide groups is 1. The molecule has 0 radical (unpaired) electrons. The van der Waals surface area contributed by atoms with Gasteiger partial charge in [-0.05, 0) is 12.1 Å². The second-order valence-electron chi connectivity index (χ2n) is 5.13. The number of benzene rings is 2. The average molecular weight is 367 g/mol. The molecule has 5 nitrogen and oxygen atoms in total. The molecule has 2 aromatic rings. The minimum atomic E-state index is -0.574. The van der Waals surface area contributed by atoms with Crippen molar-refractivity contribution in [2.75, 3.05) is 7.05 Å². The molecular weight excluding hydrogens is 349 g/mol. The lowest BCUT2D eigenvalue weighted by Gasteiger charge is -2.16. The first-order chi connectivity index (χ1) is 11.5. The molecule has 4 N–H and O–H groups in total. The van der Waals surface area contributed by atoms with Crippen molar-refractivity contribution in [2.24, 2.45) is 0 Å². The van der Waals surface area contributed by atoms with Gasteiger partial charge in [-0.2, -0.15) is 0 Å². The molecule has 24 heavy (non-hydrogen) atoms. The lowest BCUT2D eigenvalue weighted by atomic mass is 10.1. The lowest BCUT2D eigenvalue weighted by Crippen LogP contribution is -2.86. The second-order valence-corrected chi connectivity index (χ2v) is 5.98. The van der Waals surface area contributed by atoms with Crippen LogP contribution in [-0.4, -0.2) is 19.0 Å². The Labute approximate surface area is 150 Å². The smallest absolute Gasteiger partial charge is 0.321 e. The summed E-state index contributed by atoms with van der Waals surface area (Å²) in [7, 11) is 1.46. The maximum atomic E-state index is 12.4. The van der Waals surface area contributed by atoms with Gasteiger partial charge < -0.3 is 10.6 Å². The molecule has 0 unspecified atom stereocenters. The fourth-order valence-electron chi connectivity index (χ4n) is 2.24. The van der Waals surface area contributed by atoms with Gasteiger partial charge in [-0.1, -0.05) is 59.6 Å². The zero-order chi connectivity index (χ0) is 17.5. The molecule has 0 aliphatic carbocycles. The van der Waals surface area contributed by atoms with Crippen molar-refractivity contribution in [3.63, 3.8) is 0 Å². The highest BCUT2D eigenvalue weighted by Gasteiger charge is 2.25. The van der Waals surface area contributed by atoms with Crippen molar-refractivity contribution in [3.05, 3.63) is 69.7 Å². The van der Waals surface area contributed by atoms with Crippen molar-refractivity contribution in [1.82, 2.24) is 10.6 Å². The van der Waals surface area contributed by atoms with Gasteiger partial charge in [0.25, 0.3) is 5.91 Å². The van der Waals surface area contributed by atoms with E-state index in [-0.39, 0.29) is 0 Å². The van der Waals surface area contributed by atoms with E-state index in [0.717, 1.165) is 11.1 Å². The largest absolute Gasteiger partial charge is 0.341 e. The van der Waals surface area contributed by atoms with Gasteiger partial charge in [0.2, 0.25) is 0 Å². The summed E-state index contributed by atoms with van der Waals surface area (Å²) in [6.07, 6.45) is 0. The first-order valence-electron chi connectivity index (χ1n) is 7.36. The van der Waals surface area contributed by atoms with Gasteiger partial charge in [-0.25, -0.2) is 4.79 Å². The van der Waals surface area contributed by atoms with Crippen molar-refractivity contribution >= 4 is 35.1 Å². The van der Waals surface area contributed by atoms with Crippen LogP contribution < -0.4 is 16.0 Å². The van der Waals surface area contributed by atoms with Crippen molar-refractivity contribution in [1.29, 1.82) is 0 Å². The molecule has 0 aliphatic heterocycles. The number of nitrogens with one attached hydrogen (secondary N) is 2. The van der Waals surface area contributed by atoms with Crippen LogP contribution in [-0.2, 0) is 11.3 Å². The maximum Gasteiger partial charge on any atom is 0.321 e. The number of hydrogen-bond donors (Lipinski definition) is 3. The summed E-state index contributed by atoms with van der Waals surface area (Å²) in [6, 6.07) is 13.4. The molecule has 2 aromatic carbocycles. The highest BCUT2D eigenvalue weighted by atomic mass is 35.5. The van der Waals surface area contributed by atoms with Gasteiger partial charge in [0.05, 0.1) is 5.02 Å². The fraction of sp³-hybridized carbons (Fsp3) is 0.176. The van der Waals surface area contributed by atoms with E-state index in [2.05, 4.69) is 10.6 Å². The Morgan fingerprint density at radius 3 is 2.46 bits per heavy atom. The van der Waals surface area contributed by atoms with Crippen LogP contribution in [0.4, 0.5) is 4.79 Å². The van der Waals surface area contributed by atoms with E-state index in [9.17, 15) is 9.59 Å². The Bertz CT molecular complexity index is 723. The Balaban J connectivity index is 2.16. The first-order valence-corrected chi connectivity index (χ1v) is 8.11. The molecular formula is C17H18Cl2N3O2+. The third kappa shape index (κ3) is 4.96. The minimum Gasteiger partial charge on any atom is -0.341 e. The third-order valence-electron chi connectivity index (χ3n) is 3.49. The van der Waals surface area contributed by atoms with Crippen LogP contribution in [0.5, 0.6) is 0 Å². The molecule has 0 heterocycles. The number of rotatable bonds is 5. The predicted octanol–water partition coefficient (Wildman–Crippen LogP) is 2.25. The van der Waals surface area contributed by atoms with Crippen LogP contribution in [0, 0.1) is 0 Å². The fourth-order valence-corrected chi connectivity index (χ4v) is 2.72. The number of halogens is 2. The van der Waals surface area contributed by atoms with Crippen LogP contribution >= 0.6 is 23.2 Å². The lowest BCUT2D eigenvalue weighted by molar-refractivity contribution is -0.698. The van der Waals surface area contributed by atoms with Gasteiger partial charge in [0.15, 0.2) is 6.04 Å². The quantitative estimate of drug-likeness (QED) is 0.758. The normalized spacial score (nSPS) is 11.6. The van der Waals surface area contributed by atoms with Crippen molar-refractivity contribution < 1.29 is 14.9 Å². The number of nitrogens with two attached hydrogens (primary N) is 1. The molecule has 0 bridgehead atoms. The highest BCUT2D eigenvalue weighted by molar-refractivity contribution is 6.35. The van der Waals surface area contributed by atoms with Crippen LogP contribution in [0.25, 0.3) is 0 Å². The van der Waals surface area contributed by atoms with Crippen LogP contribution in [0.15, 0.2) is 48.5 Å². The number of carbonyl (C=O) groups is 2. The number of quaternary nitrogens is 1. The van der Waals surface area contributed by atoms with E-state index >= 15 is 0 Å². The molecule has 1 atom stereocenters. The number of amides is 3. The number of urea groups is 1. The van der Waals surface area contributed by atoms with Crippen LogP contribution in [0.2, 0.25) is 10.0 Å². The summed E-state index contributed by atoms with van der Waals surface area (Å²) in [5.74, 6) is -0.398. The summed E-state index contributed by atoms with van der Waals surface area (Å²) >= 11 is 12.1. The SMILES string of the molecule is CNC(=O)NC(=O)[C@H]([NH2+]Cc1ccc(Cl)cc1Cl)c1ccccc1. The monoisotopic (exact) mass is 366 g/mol. The average Bonchev–Trinajstić information content (AvgIpc) is 2.57. The Morgan fingerprint density at radius 1 is 1.12 bits per heavy atom. The Morgan fingerprint density at radius 2 is 1.83 bits per heavy atom. The molecule has 0 spiro atoms. The zero-order valence-corrected chi connectivity index (χ0v) is 14.6. The summed E-state index contributed by atoms with van der Waals surface area (Å²) in [4.78, 5) is 23.8. The van der Waals surface area contributed by atoms with E-state index in [1.807, 2.05) is 41.7 Å². The van der Waals surface area contributed by atoms with Gasteiger partial charge >= 0.3 is 6.03 Å². The molecule has 0 saturated carbocycles. The van der Waals surface area contributed by atoms with Gasteiger partial charge in [0, 0.05) is 23.2 Å². The third-order valence-corrected chi connectivity index (χ3v) is 4.08. The second kappa shape index (κ2) is 8.68. The van der Waals surface area contributed by atoms with Gasteiger partial charge in [0.1, 0.15) is 6.54 Å². The number of carbonyl (C=O) groups excluding carboxylic acids is 2. The molecule has 3 amide bonds. The van der Waals surface area contributed by atoms with Crippen LogP contribution in [0.3, 0.4) is 0 Å². The molecule has 0 aromatic heterocycles. The van der Waals surface area contributed by atoms with E-state index < -0.39 is 18.0 Å². The maximum absolute atomic E-state index is 12.4. The van der Waals surface area contributed by atoms with E-state index in [4.69, 9.17) is 23.2 Å². The molecule has 126 valence electrons. The summed E-state index contributed by atoms with van der Waals surface area (Å²) in [5.41, 5.74) is 1.65.